The summed E-state index contributed by atoms with van der Waals surface area (Å²) in [5.41, 5.74) is 10.4. The second-order valence-corrected chi connectivity index (χ2v) is 6.01. The Bertz CT molecular complexity index is 678. The van der Waals surface area contributed by atoms with Gasteiger partial charge in [0, 0.05) is 25.0 Å². The molecule has 3 rings (SSSR count). The van der Waals surface area contributed by atoms with Gasteiger partial charge in [-0.2, -0.15) is 0 Å². The first-order chi connectivity index (χ1) is 9.95. The topological polar surface area (TPSA) is 51.3 Å². The van der Waals surface area contributed by atoms with Crippen LogP contribution < -0.4 is 10.6 Å². The van der Waals surface area contributed by atoms with Crippen molar-refractivity contribution in [1.82, 2.24) is 4.57 Å². The molecule has 1 aliphatic rings. The smallest absolute Gasteiger partial charge is 0.274 e. The molecule has 2 aromatic rings. The maximum absolute atomic E-state index is 12.8. The van der Waals surface area contributed by atoms with Crippen LogP contribution >= 0.6 is 0 Å². The Hall–Kier alpha value is -2.23. The Morgan fingerprint density at radius 1 is 1.19 bits per heavy atom. The minimum Gasteiger partial charge on any atom is -0.397 e. The van der Waals surface area contributed by atoms with E-state index in [2.05, 4.69) is 6.07 Å². The van der Waals surface area contributed by atoms with Gasteiger partial charge in [-0.25, -0.2) is 0 Å². The summed E-state index contributed by atoms with van der Waals surface area (Å²) in [4.78, 5) is 14.5. The van der Waals surface area contributed by atoms with Crippen molar-refractivity contribution in [3.63, 3.8) is 0 Å². The molecule has 1 aliphatic carbocycles. The Morgan fingerprint density at radius 3 is 2.38 bits per heavy atom. The number of nitrogens with two attached hydrogens (primary N) is 1. The number of nitrogen functional groups attached to an aromatic ring is 1. The van der Waals surface area contributed by atoms with E-state index in [1.54, 1.807) is 11.0 Å². The molecule has 4 heteroatoms. The zero-order valence-corrected chi connectivity index (χ0v) is 12.8. The number of anilines is 2. The molecule has 0 unspecified atom stereocenters. The standard InChI is InChI=1S/C17H21N3O/c1-11-6-12(2)8-15(7-11)19(3)17(21)16-9-13(18)10-20(16)14-4-5-14/h6-10,14H,4-5,18H2,1-3H3. The van der Waals surface area contributed by atoms with Gasteiger partial charge in [-0.05, 0) is 56.0 Å². The van der Waals surface area contributed by atoms with Crippen molar-refractivity contribution in [2.75, 3.05) is 17.7 Å². The molecule has 0 radical (unpaired) electrons. The van der Waals surface area contributed by atoms with Crippen molar-refractivity contribution in [3.05, 3.63) is 47.3 Å². The van der Waals surface area contributed by atoms with Gasteiger partial charge in [0.05, 0.1) is 5.69 Å². The van der Waals surface area contributed by atoms with Crippen LogP contribution in [-0.2, 0) is 0 Å². The predicted molar refractivity (Wildman–Crippen MR) is 85.8 cm³/mol. The maximum atomic E-state index is 12.8. The molecular formula is C17H21N3O. The van der Waals surface area contributed by atoms with Crippen LogP contribution in [0.5, 0.6) is 0 Å². The largest absolute Gasteiger partial charge is 0.397 e. The number of benzene rings is 1. The van der Waals surface area contributed by atoms with Crippen molar-refractivity contribution in [1.29, 1.82) is 0 Å². The number of aryl methyl sites for hydroxylation is 2. The van der Waals surface area contributed by atoms with Crippen LogP contribution in [-0.4, -0.2) is 17.5 Å². The van der Waals surface area contributed by atoms with Crippen molar-refractivity contribution in [2.24, 2.45) is 0 Å². The van der Waals surface area contributed by atoms with Crippen LogP contribution in [0.15, 0.2) is 30.5 Å². The Labute approximate surface area is 125 Å². The molecule has 4 nitrogen and oxygen atoms in total. The van der Waals surface area contributed by atoms with Gasteiger partial charge in [0.15, 0.2) is 0 Å². The van der Waals surface area contributed by atoms with Crippen LogP contribution in [0.1, 0.15) is 40.5 Å². The highest BCUT2D eigenvalue weighted by Gasteiger charge is 2.29. The second-order valence-electron chi connectivity index (χ2n) is 6.01. The SMILES string of the molecule is Cc1cc(C)cc(N(C)C(=O)c2cc(N)cn2C2CC2)c1. The van der Waals surface area contributed by atoms with Crippen molar-refractivity contribution < 1.29 is 4.79 Å². The summed E-state index contributed by atoms with van der Waals surface area (Å²) in [6, 6.07) is 8.37. The molecule has 21 heavy (non-hydrogen) atoms. The van der Waals surface area contributed by atoms with E-state index in [1.165, 1.54) is 0 Å². The van der Waals surface area contributed by atoms with Crippen LogP contribution in [0.4, 0.5) is 11.4 Å². The van der Waals surface area contributed by atoms with Crippen molar-refractivity contribution in [2.45, 2.75) is 32.7 Å². The lowest BCUT2D eigenvalue weighted by atomic mass is 10.1. The summed E-state index contributed by atoms with van der Waals surface area (Å²) in [7, 11) is 1.82. The Morgan fingerprint density at radius 2 is 1.81 bits per heavy atom. The van der Waals surface area contributed by atoms with Gasteiger partial charge in [0.1, 0.15) is 5.69 Å². The molecule has 1 fully saturated rings. The van der Waals surface area contributed by atoms with Gasteiger partial charge in [-0.1, -0.05) is 6.07 Å². The van der Waals surface area contributed by atoms with E-state index in [-0.39, 0.29) is 5.91 Å². The first-order valence-electron chi connectivity index (χ1n) is 7.29. The summed E-state index contributed by atoms with van der Waals surface area (Å²) in [6.45, 7) is 4.08. The zero-order chi connectivity index (χ0) is 15.1. The summed E-state index contributed by atoms with van der Waals surface area (Å²) in [5, 5.41) is 0. The molecular weight excluding hydrogens is 262 g/mol. The summed E-state index contributed by atoms with van der Waals surface area (Å²) in [5.74, 6) is -0.0106. The van der Waals surface area contributed by atoms with Gasteiger partial charge in [0.25, 0.3) is 5.91 Å². The zero-order valence-electron chi connectivity index (χ0n) is 12.8. The molecule has 1 aromatic carbocycles. The van der Waals surface area contributed by atoms with E-state index < -0.39 is 0 Å². The molecule has 1 heterocycles. The van der Waals surface area contributed by atoms with E-state index in [9.17, 15) is 4.79 Å². The minimum atomic E-state index is -0.0106. The average Bonchev–Trinajstić information content (AvgIpc) is 3.19. The molecule has 0 bridgehead atoms. The first-order valence-corrected chi connectivity index (χ1v) is 7.29. The van der Waals surface area contributed by atoms with E-state index >= 15 is 0 Å². The number of nitrogens with zero attached hydrogens (tertiary/aromatic N) is 2. The molecule has 110 valence electrons. The van der Waals surface area contributed by atoms with Gasteiger partial charge in [-0.3, -0.25) is 4.79 Å². The highest BCUT2D eigenvalue weighted by molar-refractivity contribution is 6.05. The number of carbonyl (C=O) groups is 1. The Balaban J connectivity index is 1.94. The maximum Gasteiger partial charge on any atom is 0.274 e. The fourth-order valence-electron chi connectivity index (χ4n) is 2.76. The number of hydrogen-bond acceptors (Lipinski definition) is 2. The lowest BCUT2D eigenvalue weighted by Gasteiger charge is -2.19. The second kappa shape index (κ2) is 4.95. The molecule has 1 aromatic heterocycles. The molecule has 0 saturated heterocycles. The summed E-state index contributed by atoms with van der Waals surface area (Å²) >= 11 is 0. The van der Waals surface area contributed by atoms with E-state index in [0.29, 0.717) is 17.4 Å². The number of aromatic nitrogens is 1. The number of carbonyl (C=O) groups excluding carboxylic acids is 1. The number of hydrogen-bond donors (Lipinski definition) is 1. The molecule has 2 N–H and O–H groups in total. The summed E-state index contributed by atoms with van der Waals surface area (Å²) in [6.07, 6.45) is 4.13. The fraction of sp³-hybridized carbons (Fsp3) is 0.353. The normalized spacial score (nSPS) is 14.2. The van der Waals surface area contributed by atoms with Crippen LogP contribution in [0.3, 0.4) is 0 Å². The van der Waals surface area contributed by atoms with Crippen LogP contribution in [0.2, 0.25) is 0 Å². The average molecular weight is 283 g/mol. The minimum absolute atomic E-state index is 0.0106. The van der Waals surface area contributed by atoms with E-state index in [4.69, 9.17) is 5.73 Å². The van der Waals surface area contributed by atoms with Gasteiger partial charge < -0.3 is 15.2 Å². The molecule has 1 amide bonds. The van der Waals surface area contributed by atoms with E-state index in [1.807, 2.05) is 43.8 Å². The lowest BCUT2D eigenvalue weighted by Crippen LogP contribution is -2.28. The highest BCUT2D eigenvalue weighted by atomic mass is 16.2. The Kier molecular flexibility index (Phi) is 3.24. The lowest BCUT2D eigenvalue weighted by molar-refractivity contribution is 0.0984. The van der Waals surface area contributed by atoms with Crippen LogP contribution in [0.25, 0.3) is 0 Å². The van der Waals surface area contributed by atoms with Gasteiger partial charge >= 0.3 is 0 Å². The third-order valence-electron chi connectivity index (χ3n) is 3.93. The third kappa shape index (κ3) is 2.66. The molecule has 0 atom stereocenters. The molecule has 1 saturated carbocycles. The quantitative estimate of drug-likeness (QED) is 0.939. The van der Waals surface area contributed by atoms with Gasteiger partial charge in [-0.15, -0.1) is 0 Å². The van der Waals surface area contributed by atoms with Crippen LogP contribution in [0, 0.1) is 13.8 Å². The molecule has 0 aliphatic heterocycles. The predicted octanol–water partition coefficient (Wildman–Crippen LogP) is 3.30. The number of rotatable bonds is 3. The fourth-order valence-corrected chi connectivity index (χ4v) is 2.76. The van der Waals surface area contributed by atoms with Crippen molar-refractivity contribution >= 4 is 17.3 Å². The first kappa shape index (κ1) is 13.7. The number of amides is 1. The van der Waals surface area contributed by atoms with Gasteiger partial charge in [0.2, 0.25) is 0 Å². The summed E-state index contributed by atoms with van der Waals surface area (Å²) < 4.78 is 2.02. The van der Waals surface area contributed by atoms with Crippen molar-refractivity contribution in [3.8, 4) is 0 Å². The molecule has 0 spiro atoms. The van der Waals surface area contributed by atoms with E-state index in [0.717, 1.165) is 29.7 Å². The third-order valence-corrected chi connectivity index (χ3v) is 3.93. The highest BCUT2D eigenvalue weighted by Crippen LogP contribution is 2.37. The monoisotopic (exact) mass is 283 g/mol.